The van der Waals surface area contributed by atoms with Crippen LogP contribution in [0.3, 0.4) is 0 Å². The number of guanidine groups is 1. The molecule has 3 aliphatic rings. The summed E-state index contributed by atoms with van der Waals surface area (Å²) in [4.78, 5) is 21.4. The molecule has 0 spiro atoms. The molecule has 1 saturated heterocycles. The van der Waals surface area contributed by atoms with Crippen LogP contribution in [0.5, 0.6) is 0 Å². The van der Waals surface area contributed by atoms with Gasteiger partial charge in [-0.25, -0.2) is 15.0 Å². The molecule has 3 aliphatic heterocycles. The lowest BCUT2D eigenvalue weighted by atomic mass is 9.91. The summed E-state index contributed by atoms with van der Waals surface area (Å²) in [5.74, 6) is 2.20. The number of rotatable bonds is 6. The number of benzene rings is 1. The molecule has 5 rings (SSSR count). The number of aromatic nitrogens is 1. The lowest BCUT2D eigenvalue weighted by Crippen LogP contribution is -2.45. The molecular formula is C26H33N7. The fourth-order valence-electron chi connectivity index (χ4n) is 4.74. The Kier molecular flexibility index (Phi) is 6.33. The number of nitrogens with zero attached hydrogens (tertiary/aromatic N) is 5. The van der Waals surface area contributed by atoms with Crippen molar-refractivity contribution in [2.24, 2.45) is 32.5 Å². The number of para-hydroxylation sites is 1. The number of hydrogen-bond donors (Lipinski definition) is 2. The third-order valence-corrected chi connectivity index (χ3v) is 6.92. The number of hydrogen-bond acceptors (Lipinski definition) is 5. The molecule has 0 saturated carbocycles. The largest absolute Gasteiger partial charge is 0.326 e. The number of piperidine rings is 1. The van der Waals surface area contributed by atoms with E-state index in [2.05, 4.69) is 64.4 Å². The number of nitrogens with one attached hydrogen (secondary N) is 1. The summed E-state index contributed by atoms with van der Waals surface area (Å²) in [6.45, 7) is 7.43. The predicted molar refractivity (Wildman–Crippen MR) is 136 cm³/mol. The Morgan fingerprint density at radius 3 is 2.82 bits per heavy atom. The van der Waals surface area contributed by atoms with E-state index in [0.29, 0.717) is 11.9 Å². The molecule has 1 fully saturated rings. The molecule has 2 atom stereocenters. The Bertz CT molecular complexity index is 1120. The van der Waals surface area contributed by atoms with Gasteiger partial charge in [0.05, 0.1) is 17.3 Å². The van der Waals surface area contributed by atoms with Gasteiger partial charge in [0.1, 0.15) is 0 Å². The second kappa shape index (κ2) is 9.53. The van der Waals surface area contributed by atoms with E-state index in [1.165, 1.54) is 5.56 Å². The Hall–Kier alpha value is -2.90. The average molecular weight is 444 g/mol. The van der Waals surface area contributed by atoms with E-state index in [1.807, 2.05) is 18.5 Å². The van der Waals surface area contributed by atoms with Gasteiger partial charge in [-0.15, -0.1) is 0 Å². The molecular weight excluding hydrogens is 410 g/mol. The van der Waals surface area contributed by atoms with Crippen molar-refractivity contribution in [3.05, 3.63) is 54.4 Å². The molecule has 1 aromatic carbocycles. The predicted octanol–water partition coefficient (Wildman–Crippen LogP) is 3.17. The zero-order chi connectivity index (χ0) is 22.8. The summed E-state index contributed by atoms with van der Waals surface area (Å²) in [7, 11) is 0. The molecule has 0 bridgehead atoms. The summed E-state index contributed by atoms with van der Waals surface area (Å²) in [5, 5.41) is 4.51. The molecule has 7 nitrogen and oxygen atoms in total. The van der Waals surface area contributed by atoms with Crippen molar-refractivity contribution in [2.75, 3.05) is 19.6 Å². The van der Waals surface area contributed by atoms with Crippen LogP contribution in [-0.4, -0.2) is 59.1 Å². The second-order valence-electron chi connectivity index (χ2n) is 9.64. The van der Waals surface area contributed by atoms with Crippen molar-refractivity contribution >= 4 is 28.4 Å². The second-order valence-corrected chi connectivity index (χ2v) is 9.64. The summed E-state index contributed by atoms with van der Waals surface area (Å²) in [6, 6.07) is 11.0. The van der Waals surface area contributed by atoms with Gasteiger partial charge in [-0.3, -0.25) is 4.98 Å². The maximum atomic E-state index is 6.26. The van der Waals surface area contributed by atoms with E-state index in [-0.39, 0.29) is 18.0 Å². The Morgan fingerprint density at radius 1 is 1.18 bits per heavy atom. The number of amidine groups is 1. The number of fused-ring (bicyclic) bond motifs is 2. The van der Waals surface area contributed by atoms with Crippen LogP contribution in [0.25, 0.3) is 10.9 Å². The molecule has 0 radical (unpaired) electrons. The summed E-state index contributed by atoms with van der Waals surface area (Å²) in [5.41, 5.74) is 9.52. The number of pyridine rings is 1. The first-order chi connectivity index (χ1) is 16.1. The summed E-state index contributed by atoms with van der Waals surface area (Å²) >= 11 is 0. The van der Waals surface area contributed by atoms with E-state index in [0.717, 1.165) is 61.3 Å². The average Bonchev–Trinajstić information content (AvgIpc) is 3.24. The van der Waals surface area contributed by atoms with E-state index in [1.54, 1.807) is 0 Å². The zero-order valence-electron chi connectivity index (χ0n) is 19.5. The Balaban J connectivity index is 1.26. The van der Waals surface area contributed by atoms with Crippen LogP contribution in [0.2, 0.25) is 0 Å². The molecule has 33 heavy (non-hydrogen) atoms. The first-order valence-electron chi connectivity index (χ1n) is 12.1. The zero-order valence-corrected chi connectivity index (χ0v) is 19.5. The molecule has 7 heteroatoms. The fraction of sp³-hybridized carbons (Fsp3) is 0.462. The minimum absolute atomic E-state index is 0.157. The number of aliphatic imine (C=N–C) groups is 3. The number of nitrogens with two attached hydrogens (primary N) is 1. The first kappa shape index (κ1) is 21.9. The van der Waals surface area contributed by atoms with Crippen molar-refractivity contribution in [1.29, 1.82) is 0 Å². The van der Waals surface area contributed by atoms with Crippen LogP contribution < -0.4 is 11.1 Å². The number of allylic oxidation sites excluding steroid dienone is 1. The van der Waals surface area contributed by atoms with Gasteiger partial charge in [0.25, 0.3) is 0 Å². The van der Waals surface area contributed by atoms with Crippen LogP contribution in [0.15, 0.2) is 63.8 Å². The Labute approximate surface area is 195 Å². The van der Waals surface area contributed by atoms with Crippen LogP contribution in [0.1, 0.15) is 32.3 Å². The maximum Gasteiger partial charge on any atom is 0.224 e. The topological polar surface area (TPSA) is 91.3 Å². The van der Waals surface area contributed by atoms with Gasteiger partial charge in [-0.2, -0.15) is 0 Å². The molecule has 1 aromatic heterocycles. The smallest absolute Gasteiger partial charge is 0.224 e. The minimum Gasteiger partial charge on any atom is -0.326 e. The normalized spacial score (nSPS) is 23.5. The quantitative estimate of drug-likeness (QED) is 0.717. The van der Waals surface area contributed by atoms with Crippen molar-refractivity contribution in [3.8, 4) is 0 Å². The lowest BCUT2D eigenvalue weighted by molar-refractivity contribution is 0.191. The van der Waals surface area contributed by atoms with E-state index in [9.17, 15) is 0 Å². The van der Waals surface area contributed by atoms with Gasteiger partial charge in [-0.1, -0.05) is 44.2 Å². The lowest BCUT2D eigenvalue weighted by Gasteiger charge is -2.32. The van der Waals surface area contributed by atoms with Crippen LogP contribution >= 0.6 is 0 Å². The summed E-state index contributed by atoms with van der Waals surface area (Å²) < 4.78 is 0. The van der Waals surface area contributed by atoms with Crippen LogP contribution in [0, 0.1) is 11.8 Å². The standard InChI is InChI=1S/C26H33N7/c1-17(2)22(27)16-33-13-9-21(10-14-33)30-26-31-24-20(8-12-29-25(24)32-26)15-19-6-3-5-18-7-4-11-28-23(18)19/h3-8,11-12,17,20-22H,9-10,13-16,27H2,1-2H3,(H,29,30,32). The third-order valence-electron chi connectivity index (χ3n) is 6.92. The highest BCUT2D eigenvalue weighted by atomic mass is 15.2. The molecule has 2 aromatic rings. The van der Waals surface area contributed by atoms with Gasteiger partial charge in [0.15, 0.2) is 5.84 Å². The van der Waals surface area contributed by atoms with Crippen molar-refractivity contribution in [2.45, 2.75) is 45.2 Å². The van der Waals surface area contributed by atoms with Crippen molar-refractivity contribution < 1.29 is 0 Å². The van der Waals surface area contributed by atoms with Gasteiger partial charge in [0, 0.05) is 49.4 Å². The van der Waals surface area contributed by atoms with Gasteiger partial charge in [-0.05, 0) is 36.8 Å². The maximum absolute atomic E-state index is 6.26. The van der Waals surface area contributed by atoms with E-state index >= 15 is 0 Å². The first-order valence-corrected chi connectivity index (χ1v) is 12.1. The molecule has 2 unspecified atom stereocenters. The minimum atomic E-state index is 0.157. The van der Waals surface area contributed by atoms with Gasteiger partial charge >= 0.3 is 0 Å². The van der Waals surface area contributed by atoms with E-state index < -0.39 is 0 Å². The molecule has 0 aliphatic carbocycles. The highest BCUT2D eigenvalue weighted by molar-refractivity contribution is 6.50. The Morgan fingerprint density at radius 2 is 2.00 bits per heavy atom. The van der Waals surface area contributed by atoms with Gasteiger partial charge < -0.3 is 16.0 Å². The van der Waals surface area contributed by atoms with Crippen molar-refractivity contribution in [3.63, 3.8) is 0 Å². The van der Waals surface area contributed by atoms with Crippen molar-refractivity contribution in [1.82, 2.24) is 15.2 Å². The summed E-state index contributed by atoms with van der Waals surface area (Å²) in [6.07, 6.45) is 8.78. The molecule has 0 amide bonds. The monoisotopic (exact) mass is 443 g/mol. The molecule has 4 heterocycles. The number of likely N-dealkylation sites (tertiary alicyclic amines) is 1. The molecule has 3 N–H and O–H groups in total. The highest BCUT2D eigenvalue weighted by Gasteiger charge is 2.30. The van der Waals surface area contributed by atoms with Crippen LogP contribution in [0.4, 0.5) is 0 Å². The van der Waals surface area contributed by atoms with Crippen LogP contribution in [-0.2, 0) is 6.42 Å². The van der Waals surface area contributed by atoms with E-state index in [4.69, 9.17) is 15.7 Å². The molecule has 172 valence electrons. The highest BCUT2D eigenvalue weighted by Crippen LogP contribution is 2.24. The fourth-order valence-corrected chi connectivity index (χ4v) is 4.74. The van der Waals surface area contributed by atoms with Gasteiger partial charge in [0.2, 0.25) is 5.96 Å². The SMILES string of the molecule is CC(C)C(N)CN1CCC(N=C2N=C3C(=NC=CC3Cc3cccc4cccnc34)N2)CC1. The third kappa shape index (κ3) is 4.89.